The molecule has 1 N–H and O–H groups in total. The third-order valence-electron chi connectivity index (χ3n) is 4.39. The van der Waals surface area contributed by atoms with E-state index in [-0.39, 0.29) is 5.91 Å². The van der Waals surface area contributed by atoms with Crippen LogP contribution in [0.2, 0.25) is 0 Å². The van der Waals surface area contributed by atoms with Crippen molar-refractivity contribution >= 4 is 28.7 Å². The molecule has 0 atom stereocenters. The molecular weight excluding hydrogens is 360 g/mol. The standard InChI is InChI=1S/C19H20N6OS/c26-17(22-15-4-2-1-3-5-15)14-24-9-11-25(12-10-24)16-6-7-20-18(23-16)19-21-8-13-27-19/h1-8,13H,9-12,14H2,(H,22,26). The molecule has 0 spiro atoms. The highest BCUT2D eigenvalue weighted by atomic mass is 32.1. The molecule has 138 valence electrons. The minimum absolute atomic E-state index is 0.0164. The minimum atomic E-state index is 0.0164. The Morgan fingerprint density at radius 1 is 1.04 bits per heavy atom. The van der Waals surface area contributed by atoms with E-state index in [0.29, 0.717) is 12.4 Å². The number of nitrogens with zero attached hydrogens (tertiary/aromatic N) is 5. The van der Waals surface area contributed by atoms with Crippen molar-refractivity contribution in [2.45, 2.75) is 0 Å². The number of hydrogen-bond acceptors (Lipinski definition) is 7. The first kappa shape index (κ1) is 17.6. The number of rotatable bonds is 5. The van der Waals surface area contributed by atoms with Crippen LogP contribution >= 0.6 is 11.3 Å². The van der Waals surface area contributed by atoms with Gasteiger partial charge in [-0.25, -0.2) is 15.0 Å². The second-order valence-electron chi connectivity index (χ2n) is 6.25. The quantitative estimate of drug-likeness (QED) is 0.732. The Kier molecular flexibility index (Phi) is 5.36. The predicted octanol–water partition coefficient (Wildman–Crippen LogP) is 2.36. The largest absolute Gasteiger partial charge is 0.354 e. The van der Waals surface area contributed by atoms with Crippen LogP contribution in [0.15, 0.2) is 54.2 Å². The highest BCUT2D eigenvalue weighted by Crippen LogP contribution is 2.21. The van der Waals surface area contributed by atoms with E-state index in [4.69, 9.17) is 0 Å². The molecule has 0 saturated carbocycles. The van der Waals surface area contributed by atoms with E-state index in [2.05, 4.69) is 30.1 Å². The second-order valence-corrected chi connectivity index (χ2v) is 7.15. The van der Waals surface area contributed by atoms with E-state index in [1.807, 2.05) is 41.8 Å². The summed E-state index contributed by atoms with van der Waals surface area (Å²) < 4.78 is 0. The molecule has 2 aromatic heterocycles. The average molecular weight is 380 g/mol. The SMILES string of the molecule is O=C(CN1CCN(c2ccnc(-c3nccs3)n2)CC1)Nc1ccccc1. The number of piperazine rings is 1. The first-order chi connectivity index (χ1) is 13.3. The number of hydrogen-bond donors (Lipinski definition) is 1. The first-order valence-electron chi connectivity index (χ1n) is 8.83. The molecule has 0 bridgehead atoms. The molecule has 3 heterocycles. The van der Waals surface area contributed by atoms with Crippen LogP contribution in [0, 0.1) is 0 Å². The van der Waals surface area contributed by atoms with Crippen molar-refractivity contribution in [3.05, 3.63) is 54.2 Å². The Morgan fingerprint density at radius 2 is 1.85 bits per heavy atom. The Morgan fingerprint density at radius 3 is 2.59 bits per heavy atom. The lowest BCUT2D eigenvalue weighted by Gasteiger charge is -2.35. The molecule has 8 heteroatoms. The smallest absolute Gasteiger partial charge is 0.238 e. The van der Waals surface area contributed by atoms with Crippen LogP contribution in [-0.4, -0.2) is 58.5 Å². The van der Waals surface area contributed by atoms with Crippen molar-refractivity contribution in [3.63, 3.8) is 0 Å². The van der Waals surface area contributed by atoms with Crippen LogP contribution in [0.4, 0.5) is 11.5 Å². The summed E-state index contributed by atoms with van der Waals surface area (Å²) in [5.74, 6) is 1.58. The van der Waals surface area contributed by atoms with Gasteiger partial charge in [-0.3, -0.25) is 9.69 Å². The van der Waals surface area contributed by atoms with Crippen molar-refractivity contribution in [3.8, 4) is 10.8 Å². The number of para-hydroxylation sites is 1. The maximum Gasteiger partial charge on any atom is 0.238 e. The molecule has 0 unspecified atom stereocenters. The number of thiazole rings is 1. The summed E-state index contributed by atoms with van der Waals surface area (Å²) in [4.78, 5) is 29.8. The van der Waals surface area contributed by atoms with Crippen molar-refractivity contribution < 1.29 is 4.79 Å². The number of aromatic nitrogens is 3. The van der Waals surface area contributed by atoms with E-state index in [1.54, 1.807) is 12.4 Å². The summed E-state index contributed by atoms with van der Waals surface area (Å²) in [5, 5.41) is 5.68. The zero-order chi connectivity index (χ0) is 18.5. The lowest BCUT2D eigenvalue weighted by molar-refractivity contribution is -0.117. The molecule has 3 aromatic rings. The Balaban J connectivity index is 1.31. The molecule has 1 saturated heterocycles. The third kappa shape index (κ3) is 4.47. The van der Waals surface area contributed by atoms with Gasteiger partial charge in [-0.2, -0.15) is 0 Å². The van der Waals surface area contributed by atoms with Crippen LogP contribution in [0.3, 0.4) is 0 Å². The van der Waals surface area contributed by atoms with Gasteiger partial charge in [0.05, 0.1) is 6.54 Å². The van der Waals surface area contributed by atoms with E-state index in [1.165, 1.54) is 11.3 Å². The van der Waals surface area contributed by atoms with Gasteiger partial charge in [-0.15, -0.1) is 11.3 Å². The van der Waals surface area contributed by atoms with Gasteiger partial charge in [-0.1, -0.05) is 18.2 Å². The van der Waals surface area contributed by atoms with Crippen LogP contribution in [0.25, 0.3) is 10.8 Å². The number of benzene rings is 1. The van der Waals surface area contributed by atoms with Crippen molar-refractivity contribution in [2.75, 3.05) is 42.9 Å². The summed E-state index contributed by atoms with van der Waals surface area (Å²) in [6.07, 6.45) is 3.54. The predicted molar refractivity (Wildman–Crippen MR) is 107 cm³/mol. The minimum Gasteiger partial charge on any atom is -0.354 e. The lowest BCUT2D eigenvalue weighted by Crippen LogP contribution is -2.49. The van der Waals surface area contributed by atoms with Crippen LogP contribution in [0.1, 0.15) is 0 Å². The van der Waals surface area contributed by atoms with Gasteiger partial charge in [0.1, 0.15) is 5.82 Å². The zero-order valence-electron chi connectivity index (χ0n) is 14.8. The van der Waals surface area contributed by atoms with Crippen LogP contribution < -0.4 is 10.2 Å². The van der Waals surface area contributed by atoms with E-state index >= 15 is 0 Å². The molecule has 7 nitrogen and oxygen atoms in total. The van der Waals surface area contributed by atoms with Gasteiger partial charge in [-0.05, 0) is 18.2 Å². The molecule has 1 amide bonds. The van der Waals surface area contributed by atoms with Crippen molar-refractivity contribution in [1.29, 1.82) is 0 Å². The van der Waals surface area contributed by atoms with E-state index < -0.39 is 0 Å². The summed E-state index contributed by atoms with van der Waals surface area (Å²) in [7, 11) is 0. The molecular formula is C19H20N6OS. The number of nitrogens with one attached hydrogen (secondary N) is 1. The van der Waals surface area contributed by atoms with Gasteiger partial charge in [0.15, 0.2) is 10.8 Å². The summed E-state index contributed by atoms with van der Waals surface area (Å²) in [6, 6.07) is 11.5. The van der Waals surface area contributed by atoms with Gasteiger partial charge in [0, 0.05) is 49.6 Å². The molecule has 0 radical (unpaired) electrons. The maximum atomic E-state index is 12.2. The Bertz CT molecular complexity index is 878. The highest BCUT2D eigenvalue weighted by Gasteiger charge is 2.20. The lowest BCUT2D eigenvalue weighted by atomic mass is 10.3. The third-order valence-corrected chi connectivity index (χ3v) is 5.15. The molecule has 1 aromatic carbocycles. The van der Waals surface area contributed by atoms with Gasteiger partial charge >= 0.3 is 0 Å². The van der Waals surface area contributed by atoms with Crippen molar-refractivity contribution in [1.82, 2.24) is 19.9 Å². The van der Waals surface area contributed by atoms with Crippen LogP contribution in [-0.2, 0) is 4.79 Å². The normalized spacial score (nSPS) is 14.9. The summed E-state index contributed by atoms with van der Waals surface area (Å²) in [5.41, 5.74) is 0.830. The number of anilines is 2. The Hall–Kier alpha value is -2.84. The number of carbonyl (C=O) groups excluding carboxylic acids is 1. The molecule has 27 heavy (non-hydrogen) atoms. The topological polar surface area (TPSA) is 74.2 Å². The molecule has 1 fully saturated rings. The Labute approximate surface area is 161 Å². The second kappa shape index (κ2) is 8.24. The average Bonchev–Trinajstić information content (AvgIpc) is 3.24. The fourth-order valence-corrected chi connectivity index (χ4v) is 3.60. The zero-order valence-corrected chi connectivity index (χ0v) is 15.6. The molecule has 0 aliphatic carbocycles. The first-order valence-corrected chi connectivity index (χ1v) is 9.71. The van der Waals surface area contributed by atoms with Crippen molar-refractivity contribution in [2.24, 2.45) is 0 Å². The highest BCUT2D eigenvalue weighted by molar-refractivity contribution is 7.13. The van der Waals surface area contributed by atoms with Crippen LogP contribution in [0.5, 0.6) is 0 Å². The number of carbonyl (C=O) groups is 1. The molecule has 4 rings (SSSR count). The fourth-order valence-electron chi connectivity index (χ4n) is 3.02. The summed E-state index contributed by atoms with van der Waals surface area (Å²) >= 11 is 1.53. The molecule has 1 aliphatic rings. The monoisotopic (exact) mass is 380 g/mol. The van der Waals surface area contributed by atoms with E-state index in [0.717, 1.165) is 42.7 Å². The van der Waals surface area contributed by atoms with Gasteiger partial charge in [0.25, 0.3) is 0 Å². The molecule has 1 aliphatic heterocycles. The number of amides is 1. The van der Waals surface area contributed by atoms with Gasteiger partial charge in [0.2, 0.25) is 5.91 Å². The summed E-state index contributed by atoms with van der Waals surface area (Å²) in [6.45, 7) is 3.69. The van der Waals surface area contributed by atoms with E-state index in [9.17, 15) is 4.79 Å². The van der Waals surface area contributed by atoms with Gasteiger partial charge < -0.3 is 10.2 Å². The maximum absolute atomic E-state index is 12.2. The fraction of sp³-hybridized carbons (Fsp3) is 0.263.